The summed E-state index contributed by atoms with van der Waals surface area (Å²) in [6, 6.07) is 0. The molecule has 4 rings (SSSR count). The second kappa shape index (κ2) is 4.94. The first-order valence-electron chi connectivity index (χ1n) is 9.38. The molecule has 0 aromatic rings. The molecule has 0 aromatic heterocycles. The molecule has 0 bridgehead atoms. The minimum absolute atomic E-state index is 0.163. The van der Waals surface area contributed by atoms with E-state index in [2.05, 4.69) is 13.8 Å². The predicted octanol–water partition coefficient (Wildman–Crippen LogP) is 2.72. The van der Waals surface area contributed by atoms with Crippen molar-refractivity contribution in [2.45, 2.75) is 83.5 Å². The maximum absolute atomic E-state index is 10.9. The minimum atomic E-state index is -0.233. The van der Waals surface area contributed by atoms with Crippen LogP contribution in [-0.2, 0) is 0 Å². The zero-order valence-electron chi connectivity index (χ0n) is 14.0. The molecule has 4 fully saturated rings. The average Bonchev–Trinajstić information content (AvgIpc) is 2.75. The zero-order valence-corrected chi connectivity index (χ0v) is 14.0. The molecule has 126 valence electrons. The van der Waals surface area contributed by atoms with Gasteiger partial charge in [0.25, 0.3) is 0 Å². The smallest absolute Gasteiger partial charge is 0.0577 e. The van der Waals surface area contributed by atoms with Gasteiger partial charge in [-0.2, -0.15) is 0 Å². The monoisotopic (exact) mass is 308 g/mol. The van der Waals surface area contributed by atoms with Crippen LogP contribution in [0, 0.1) is 34.5 Å². The van der Waals surface area contributed by atoms with Gasteiger partial charge in [0.1, 0.15) is 0 Å². The van der Waals surface area contributed by atoms with Crippen LogP contribution in [0.3, 0.4) is 0 Å². The highest BCUT2D eigenvalue weighted by Gasteiger charge is 2.61. The summed E-state index contributed by atoms with van der Waals surface area (Å²) in [6.07, 6.45) is 7.42. The molecule has 3 heteroatoms. The molecule has 0 radical (unpaired) electrons. The summed E-state index contributed by atoms with van der Waals surface area (Å²) in [5, 5.41) is 31.2. The highest BCUT2D eigenvalue weighted by molar-refractivity contribution is 5.10. The van der Waals surface area contributed by atoms with E-state index in [0.29, 0.717) is 23.7 Å². The quantitative estimate of drug-likeness (QED) is 0.645. The summed E-state index contributed by atoms with van der Waals surface area (Å²) in [5.74, 6) is 1.91. The van der Waals surface area contributed by atoms with Crippen molar-refractivity contribution in [2.75, 3.05) is 0 Å². The molecule has 0 amide bonds. The fourth-order valence-corrected chi connectivity index (χ4v) is 7.22. The molecule has 3 nitrogen and oxygen atoms in total. The van der Waals surface area contributed by atoms with Crippen LogP contribution in [0.2, 0.25) is 0 Å². The van der Waals surface area contributed by atoms with Crippen molar-refractivity contribution >= 4 is 0 Å². The van der Waals surface area contributed by atoms with Gasteiger partial charge >= 0.3 is 0 Å². The molecule has 0 spiro atoms. The van der Waals surface area contributed by atoms with E-state index in [1.54, 1.807) is 0 Å². The molecule has 0 heterocycles. The van der Waals surface area contributed by atoms with Gasteiger partial charge in [0.05, 0.1) is 18.3 Å². The number of hydrogen-bond donors (Lipinski definition) is 3. The van der Waals surface area contributed by atoms with Crippen molar-refractivity contribution in [1.29, 1.82) is 0 Å². The van der Waals surface area contributed by atoms with E-state index < -0.39 is 0 Å². The number of fused-ring (bicyclic) bond motifs is 5. The Balaban J connectivity index is 1.67. The Hall–Kier alpha value is -0.120. The summed E-state index contributed by atoms with van der Waals surface area (Å²) in [5.41, 5.74) is 0.525. The van der Waals surface area contributed by atoms with Crippen LogP contribution in [0.1, 0.15) is 65.2 Å². The maximum Gasteiger partial charge on any atom is 0.0577 e. The van der Waals surface area contributed by atoms with Crippen LogP contribution < -0.4 is 0 Å². The fraction of sp³-hybridized carbons (Fsp3) is 1.00. The van der Waals surface area contributed by atoms with Crippen LogP contribution in [0.5, 0.6) is 0 Å². The van der Waals surface area contributed by atoms with Crippen LogP contribution in [-0.4, -0.2) is 33.6 Å². The summed E-state index contributed by atoms with van der Waals surface area (Å²) in [4.78, 5) is 0. The number of aliphatic hydroxyl groups is 3. The van der Waals surface area contributed by atoms with Crippen LogP contribution >= 0.6 is 0 Å². The van der Waals surface area contributed by atoms with Gasteiger partial charge in [-0.05, 0) is 85.9 Å². The van der Waals surface area contributed by atoms with Crippen LogP contribution in [0.4, 0.5) is 0 Å². The van der Waals surface area contributed by atoms with E-state index in [1.807, 2.05) is 0 Å². The van der Waals surface area contributed by atoms with Crippen molar-refractivity contribution in [3.8, 4) is 0 Å². The molecular weight excluding hydrogens is 276 g/mol. The first kappa shape index (κ1) is 15.4. The Labute approximate surface area is 134 Å². The van der Waals surface area contributed by atoms with E-state index in [4.69, 9.17) is 0 Å². The first-order valence-corrected chi connectivity index (χ1v) is 9.38. The molecule has 4 aliphatic rings. The van der Waals surface area contributed by atoms with Crippen molar-refractivity contribution in [3.05, 3.63) is 0 Å². The van der Waals surface area contributed by atoms with E-state index in [1.165, 1.54) is 12.8 Å². The molecule has 4 saturated carbocycles. The molecule has 3 N–H and O–H groups in total. The Kier molecular flexibility index (Phi) is 3.46. The third-order valence-electron chi connectivity index (χ3n) is 8.40. The van der Waals surface area contributed by atoms with Crippen molar-refractivity contribution in [1.82, 2.24) is 0 Å². The summed E-state index contributed by atoms with van der Waals surface area (Å²) in [6.45, 7) is 4.77. The lowest BCUT2D eigenvalue weighted by atomic mass is 9.44. The summed E-state index contributed by atoms with van der Waals surface area (Å²) in [7, 11) is 0. The van der Waals surface area contributed by atoms with E-state index in [-0.39, 0.29) is 29.1 Å². The topological polar surface area (TPSA) is 60.7 Å². The molecule has 0 aliphatic heterocycles. The molecule has 0 saturated heterocycles. The lowest BCUT2D eigenvalue weighted by molar-refractivity contribution is -0.168. The van der Waals surface area contributed by atoms with Crippen molar-refractivity contribution in [2.24, 2.45) is 34.5 Å². The molecule has 0 unspecified atom stereocenters. The second-order valence-corrected chi connectivity index (χ2v) is 9.51. The van der Waals surface area contributed by atoms with Gasteiger partial charge in [-0.1, -0.05) is 13.8 Å². The third-order valence-corrected chi connectivity index (χ3v) is 8.40. The highest BCUT2D eigenvalue weighted by atomic mass is 16.3. The van der Waals surface area contributed by atoms with Gasteiger partial charge in [0, 0.05) is 0 Å². The zero-order chi connectivity index (χ0) is 15.7. The molecule has 22 heavy (non-hydrogen) atoms. The van der Waals surface area contributed by atoms with E-state index in [0.717, 1.165) is 38.5 Å². The van der Waals surface area contributed by atoms with Crippen LogP contribution in [0.15, 0.2) is 0 Å². The van der Waals surface area contributed by atoms with Gasteiger partial charge in [-0.25, -0.2) is 0 Å². The first-order chi connectivity index (χ1) is 10.3. The average molecular weight is 308 g/mol. The Bertz CT molecular complexity index is 452. The Morgan fingerprint density at radius 3 is 2.36 bits per heavy atom. The van der Waals surface area contributed by atoms with Crippen LogP contribution in [0.25, 0.3) is 0 Å². The van der Waals surface area contributed by atoms with Crippen molar-refractivity contribution in [3.63, 3.8) is 0 Å². The summed E-state index contributed by atoms with van der Waals surface area (Å²) < 4.78 is 0. The number of aliphatic hydroxyl groups excluding tert-OH is 3. The Morgan fingerprint density at radius 2 is 1.59 bits per heavy atom. The maximum atomic E-state index is 10.9. The highest BCUT2D eigenvalue weighted by Crippen LogP contribution is 2.66. The van der Waals surface area contributed by atoms with E-state index >= 15 is 0 Å². The standard InChI is InChI=1S/C19H32O3/c1-18-5-4-14-17(15(18)9-13(21)10-18)16(22)8-11-7-12(20)3-6-19(11,14)2/h11-17,20-22H,3-10H2,1-2H3/t11-,12+,13+,14-,15+,16-,17-,18-,19+/m1/s1. The molecule has 9 atom stereocenters. The van der Waals surface area contributed by atoms with Gasteiger partial charge in [0.15, 0.2) is 0 Å². The van der Waals surface area contributed by atoms with Gasteiger partial charge in [-0.15, -0.1) is 0 Å². The normalized spacial score (nSPS) is 61.2. The molecule has 0 aromatic carbocycles. The largest absolute Gasteiger partial charge is 0.393 e. The Morgan fingerprint density at radius 1 is 0.818 bits per heavy atom. The minimum Gasteiger partial charge on any atom is -0.393 e. The fourth-order valence-electron chi connectivity index (χ4n) is 7.22. The van der Waals surface area contributed by atoms with Gasteiger partial charge < -0.3 is 15.3 Å². The van der Waals surface area contributed by atoms with E-state index in [9.17, 15) is 15.3 Å². The third kappa shape index (κ3) is 2.04. The second-order valence-electron chi connectivity index (χ2n) is 9.51. The lowest BCUT2D eigenvalue weighted by Gasteiger charge is -2.61. The molecule has 4 aliphatic carbocycles. The van der Waals surface area contributed by atoms with Gasteiger partial charge in [-0.3, -0.25) is 0 Å². The summed E-state index contributed by atoms with van der Waals surface area (Å²) >= 11 is 0. The number of hydrogen-bond acceptors (Lipinski definition) is 3. The van der Waals surface area contributed by atoms with Gasteiger partial charge in [0.2, 0.25) is 0 Å². The lowest BCUT2D eigenvalue weighted by Crippen LogP contribution is -2.57. The predicted molar refractivity (Wildman–Crippen MR) is 85.1 cm³/mol. The SMILES string of the molecule is C[C@]12CC[C@@H]3[C@@H]([C@H](O)C[C@H]4C[C@@H](O)CC[C@@]43C)[C@@H]1C[C@H](O)C2. The number of rotatable bonds is 0. The molecular formula is C19H32O3. The van der Waals surface area contributed by atoms with Crippen molar-refractivity contribution < 1.29 is 15.3 Å².